The van der Waals surface area contributed by atoms with Gasteiger partial charge in [0, 0.05) is 6.42 Å². The molecular formula is C18H19FN2O7. The van der Waals surface area contributed by atoms with E-state index in [9.17, 15) is 23.9 Å². The Kier molecular flexibility index (Phi) is 6.02. The van der Waals surface area contributed by atoms with Gasteiger partial charge in [-0.05, 0) is 17.7 Å². The molecule has 1 saturated heterocycles. The van der Waals surface area contributed by atoms with Gasteiger partial charge >= 0.3 is 11.7 Å². The van der Waals surface area contributed by atoms with Crippen molar-refractivity contribution in [2.75, 3.05) is 13.7 Å². The van der Waals surface area contributed by atoms with Gasteiger partial charge in [-0.25, -0.2) is 9.59 Å². The minimum atomic E-state index is -1.11. The molecule has 0 amide bonds. The van der Waals surface area contributed by atoms with Crippen LogP contribution in [0.3, 0.4) is 0 Å². The lowest BCUT2D eigenvalue weighted by molar-refractivity contribution is -0.0659. The van der Waals surface area contributed by atoms with Crippen molar-refractivity contribution < 1.29 is 28.5 Å². The second-order valence-electron chi connectivity index (χ2n) is 6.23. The topological polar surface area (TPSA) is 120 Å². The molecule has 28 heavy (non-hydrogen) atoms. The van der Waals surface area contributed by atoms with Crippen molar-refractivity contribution in [2.24, 2.45) is 0 Å². The molecule has 1 aliphatic rings. The van der Waals surface area contributed by atoms with E-state index in [1.807, 2.05) is 4.98 Å². The van der Waals surface area contributed by atoms with Gasteiger partial charge in [0.25, 0.3) is 5.56 Å². The molecule has 0 spiro atoms. The Morgan fingerprint density at radius 2 is 2.07 bits per heavy atom. The molecule has 1 fully saturated rings. The number of aliphatic hydroxyl groups excluding tert-OH is 1. The minimum absolute atomic E-state index is 0.174. The number of methoxy groups -OCH3 is 1. The fourth-order valence-electron chi connectivity index (χ4n) is 2.94. The lowest BCUT2D eigenvalue weighted by atomic mass is 10.1. The SMILES string of the molecule is COC(=O)c1ccc(COC2C[C@@H](n3cc(F)c(=O)[nH]c3=O)O[C@H]2CO)cc1. The van der Waals surface area contributed by atoms with Gasteiger partial charge in [0.2, 0.25) is 5.82 Å². The van der Waals surface area contributed by atoms with Gasteiger partial charge in [-0.15, -0.1) is 0 Å². The van der Waals surface area contributed by atoms with E-state index in [2.05, 4.69) is 4.74 Å². The maximum atomic E-state index is 13.5. The summed E-state index contributed by atoms with van der Waals surface area (Å²) in [6.07, 6.45) is -1.22. The van der Waals surface area contributed by atoms with Crippen molar-refractivity contribution in [2.45, 2.75) is 31.5 Å². The lowest BCUT2D eigenvalue weighted by Crippen LogP contribution is -2.34. The summed E-state index contributed by atoms with van der Waals surface area (Å²) in [5.41, 5.74) is -0.739. The highest BCUT2D eigenvalue weighted by atomic mass is 19.1. The quantitative estimate of drug-likeness (QED) is 0.678. The molecule has 9 nitrogen and oxygen atoms in total. The number of benzene rings is 1. The molecule has 3 atom stereocenters. The number of esters is 1. The van der Waals surface area contributed by atoms with Crippen LogP contribution in [0.1, 0.15) is 28.6 Å². The Labute approximate surface area is 158 Å². The van der Waals surface area contributed by atoms with Gasteiger partial charge in [0.15, 0.2) is 0 Å². The van der Waals surface area contributed by atoms with E-state index in [0.29, 0.717) is 5.56 Å². The largest absolute Gasteiger partial charge is 0.465 e. The third kappa shape index (κ3) is 4.19. The second kappa shape index (κ2) is 8.46. The Balaban J connectivity index is 1.67. The smallest absolute Gasteiger partial charge is 0.337 e. The Morgan fingerprint density at radius 3 is 2.71 bits per heavy atom. The number of rotatable bonds is 6. The molecule has 150 valence electrons. The van der Waals surface area contributed by atoms with Crippen molar-refractivity contribution >= 4 is 5.97 Å². The van der Waals surface area contributed by atoms with Crippen LogP contribution in [0.4, 0.5) is 4.39 Å². The molecular weight excluding hydrogens is 375 g/mol. The first-order valence-electron chi connectivity index (χ1n) is 8.49. The van der Waals surface area contributed by atoms with Gasteiger partial charge in [-0.1, -0.05) is 12.1 Å². The van der Waals surface area contributed by atoms with Crippen LogP contribution in [0.25, 0.3) is 0 Å². The molecule has 0 saturated carbocycles. The molecule has 1 aliphatic heterocycles. The third-order valence-corrected chi connectivity index (χ3v) is 4.43. The molecule has 2 aromatic rings. The second-order valence-corrected chi connectivity index (χ2v) is 6.23. The zero-order valence-electron chi connectivity index (χ0n) is 15.0. The Hall–Kier alpha value is -2.82. The number of nitrogens with zero attached hydrogens (tertiary/aromatic N) is 1. The summed E-state index contributed by atoms with van der Waals surface area (Å²) in [6.45, 7) is -0.184. The van der Waals surface area contributed by atoms with E-state index in [-0.39, 0.29) is 19.6 Å². The maximum absolute atomic E-state index is 13.5. The molecule has 2 N–H and O–H groups in total. The number of halogens is 1. The summed E-state index contributed by atoms with van der Waals surface area (Å²) in [7, 11) is 1.30. The van der Waals surface area contributed by atoms with Crippen molar-refractivity contribution in [1.29, 1.82) is 0 Å². The summed E-state index contributed by atoms with van der Waals surface area (Å²) < 4.78 is 30.4. The van der Waals surface area contributed by atoms with Crippen molar-refractivity contribution in [3.8, 4) is 0 Å². The summed E-state index contributed by atoms with van der Waals surface area (Å²) in [4.78, 5) is 36.4. The summed E-state index contributed by atoms with van der Waals surface area (Å²) in [5, 5.41) is 9.52. The molecule has 0 bridgehead atoms. The van der Waals surface area contributed by atoms with Gasteiger partial charge in [-0.3, -0.25) is 14.3 Å². The van der Waals surface area contributed by atoms with E-state index in [1.165, 1.54) is 7.11 Å². The first-order valence-corrected chi connectivity index (χ1v) is 8.49. The molecule has 0 aliphatic carbocycles. The van der Waals surface area contributed by atoms with E-state index in [4.69, 9.17) is 9.47 Å². The van der Waals surface area contributed by atoms with E-state index in [1.54, 1.807) is 24.3 Å². The Morgan fingerprint density at radius 1 is 1.36 bits per heavy atom. The van der Waals surface area contributed by atoms with Gasteiger partial charge in [0.05, 0.1) is 38.2 Å². The van der Waals surface area contributed by atoms with Gasteiger partial charge in [-0.2, -0.15) is 4.39 Å². The molecule has 0 radical (unpaired) electrons. The Bertz CT molecular complexity index is 954. The highest BCUT2D eigenvalue weighted by Gasteiger charge is 2.37. The van der Waals surface area contributed by atoms with Crippen LogP contribution in [0, 0.1) is 5.82 Å². The number of carbonyl (C=O) groups excluding carboxylic acids is 1. The monoisotopic (exact) mass is 394 g/mol. The zero-order valence-corrected chi connectivity index (χ0v) is 15.0. The van der Waals surface area contributed by atoms with Crippen LogP contribution in [0.2, 0.25) is 0 Å². The number of ether oxygens (including phenoxy) is 3. The summed E-state index contributed by atoms with van der Waals surface area (Å²) in [6, 6.07) is 6.61. The number of hydrogen-bond donors (Lipinski definition) is 2. The standard InChI is InChI=1S/C18H19FN2O7/c1-26-17(24)11-4-2-10(3-5-11)9-27-13-6-15(28-14(13)8-22)21-7-12(19)16(23)20-18(21)25/h2-5,7,13-15,22H,6,8-9H2,1H3,(H,20,23,25)/t13?,14-,15-/m0/s1. The maximum Gasteiger partial charge on any atom is 0.337 e. The molecule has 10 heteroatoms. The number of aliphatic hydroxyl groups is 1. The molecule has 1 aromatic heterocycles. The predicted octanol–water partition coefficient (Wildman–Crippen LogP) is 0.327. The van der Waals surface area contributed by atoms with Gasteiger partial charge in [0.1, 0.15) is 12.3 Å². The number of nitrogens with one attached hydrogen (secondary N) is 1. The number of hydrogen-bond acceptors (Lipinski definition) is 7. The average Bonchev–Trinajstić information content (AvgIpc) is 3.12. The van der Waals surface area contributed by atoms with Crippen LogP contribution in [-0.2, 0) is 20.8 Å². The number of aromatic nitrogens is 2. The van der Waals surface area contributed by atoms with Gasteiger partial charge < -0.3 is 19.3 Å². The highest BCUT2D eigenvalue weighted by Crippen LogP contribution is 2.30. The normalized spacial score (nSPS) is 21.6. The summed E-state index contributed by atoms with van der Waals surface area (Å²) in [5.74, 6) is -1.56. The van der Waals surface area contributed by atoms with Crippen molar-refractivity contribution in [3.63, 3.8) is 0 Å². The van der Waals surface area contributed by atoms with Crippen LogP contribution < -0.4 is 11.2 Å². The predicted molar refractivity (Wildman–Crippen MR) is 93.3 cm³/mol. The number of carbonyl (C=O) groups is 1. The molecule has 1 aromatic carbocycles. The van der Waals surface area contributed by atoms with E-state index >= 15 is 0 Å². The number of H-pyrrole nitrogens is 1. The highest BCUT2D eigenvalue weighted by molar-refractivity contribution is 5.89. The fourth-order valence-corrected chi connectivity index (χ4v) is 2.94. The van der Waals surface area contributed by atoms with Crippen LogP contribution in [-0.4, -0.2) is 46.6 Å². The van der Waals surface area contributed by atoms with Crippen LogP contribution >= 0.6 is 0 Å². The van der Waals surface area contributed by atoms with E-state index < -0.39 is 41.5 Å². The first-order chi connectivity index (χ1) is 13.4. The van der Waals surface area contributed by atoms with Crippen molar-refractivity contribution in [1.82, 2.24) is 9.55 Å². The minimum Gasteiger partial charge on any atom is -0.465 e. The molecule has 1 unspecified atom stereocenters. The van der Waals surface area contributed by atoms with Crippen LogP contribution in [0.5, 0.6) is 0 Å². The molecule has 3 rings (SSSR count). The lowest BCUT2D eigenvalue weighted by Gasteiger charge is -2.16. The third-order valence-electron chi connectivity index (χ3n) is 4.43. The fraction of sp³-hybridized carbons (Fsp3) is 0.389. The summed E-state index contributed by atoms with van der Waals surface area (Å²) >= 11 is 0. The average molecular weight is 394 g/mol. The molecule has 2 heterocycles. The first kappa shape index (κ1) is 19.9. The number of aromatic amines is 1. The van der Waals surface area contributed by atoms with E-state index in [0.717, 1.165) is 16.3 Å². The van der Waals surface area contributed by atoms with Crippen molar-refractivity contribution in [3.05, 3.63) is 68.2 Å². The van der Waals surface area contributed by atoms with Crippen LogP contribution in [0.15, 0.2) is 40.1 Å². The zero-order chi connectivity index (χ0) is 20.3.